The molecule has 0 spiro atoms. The van der Waals surface area contributed by atoms with Gasteiger partial charge in [0.1, 0.15) is 12.0 Å². The molecule has 0 saturated carbocycles. The number of methoxy groups -OCH3 is 2. The van der Waals surface area contributed by atoms with Crippen LogP contribution < -0.4 is 16.4 Å². The van der Waals surface area contributed by atoms with E-state index in [1.807, 2.05) is 19.1 Å². The van der Waals surface area contributed by atoms with Crippen molar-refractivity contribution < 1.29 is 19.1 Å². The van der Waals surface area contributed by atoms with Gasteiger partial charge in [-0.2, -0.15) is 0 Å². The largest absolute Gasteiger partial charge is 0.465 e. The van der Waals surface area contributed by atoms with Gasteiger partial charge in [-0.1, -0.05) is 17.4 Å². The molecule has 11 heteroatoms. The SMILES string of the molecule is COC(=O)c1cc(Nc2ncnc(Nc3nc4ccc(C)cc4s3)c2N)cc(C(=O)OC)c1. The summed E-state index contributed by atoms with van der Waals surface area (Å²) in [6.07, 6.45) is 1.34. The Kier molecular flexibility index (Phi) is 6.05. The number of hydrogen-bond donors (Lipinski definition) is 3. The van der Waals surface area contributed by atoms with Gasteiger partial charge in [0.05, 0.1) is 35.6 Å². The topological polar surface area (TPSA) is 141 Å². The van der Waals surface area contributed by atoms with E-state index in [9.17, 15) is 9.59 Å². The van der Waals surface area contributed by atoms with Gasteiger partial charge in [0.25, 0.3) is 0 Å². The number of thiazole rings is 1. The Morgan fingerprint density at radius 2 is 1.58 bits per heavy atom. The Morgan fingerprint density at radius 1 is 0.939 bits per heavy atom. The minimum Gasteiger partial charge on any atom is -0.465 e. The molecular formula is C22H20N6O4S. The van der Waals surface area contributed by atoms with Gasteiger partial charge in [-0.25, -0.2) is 24.5 Å². The maximum Gasteiger partial charge on any atom is 0.337 e. The van der Waals surface area contributed by atoms with Crippen LogP contribution in [0.1, 0.15) is 26.3 Å². The molecule has 10 nitrogen and oxygen atoms in total. The summed E-state index contributed by atoms with van der Waals surface area (Å²) in [7, 11) is 2.51. The van der Waals surface area contributed by atoms with E-state index in [-0.39, 0.29) is 22.6 Å². The van der Waals surface area contributed by atoms with E-state index in [0.717, 1.165) is 15.8 Å². The van der Waals surface area contributed by atoms with Gasteiger partial charge in [0.2, 0.25) is 0 Å². The van der Waals surface area contributed by atoms with E-state index in [0.29, 0.717) is 16.6 Å². The van der Waals surface area contributed by atoms with Gasteiger partial charge in [-0.3, -0.25) is 0 Å². The predicted octanol–water partition coefficient (Wildman–Crippen LogP) is 4.04. The molecule has 0 aliphatic heterocycles. The summed E-state index contributed by atoms with van der Waals surface area (Å²) in [4.78, 5) is 37.0. The van der Waals surface area contributed by atoms with Crippen LogP contribution >= 0.6 is 11.3 Å². The first kappa shape index (κ1) is 22.0. The predicted molar refractivity (Wildman–Crippen MR) is 126 cm³/mol. The monoisotopic (exact) mass is 464 g/mol. The lowest BCUT2D eigenvalue weighted by molar-refractivity contribution is 0.0599. The zero-order valence-corrected chi connectivity index (χ0v) is 18.8. The van der Waals surface area contributed by atoms with Crippen LogP contribution in [0.25, 0.3) is 10.2 Å². The van der Waals surface area contributed by atoms with Gasteiger partial charge in [-0.15, -0.1) is 0 Å². The number of aryl methyl sites for hydroxylation is 1. The lowest BCUT2D eigenvalue weighted by Crippen LogP contribution is -2.09. The lowest BCUT2D eigenvalue weighted by atomic mass is 10.1. The normalized spacial score (nSPS) is 10.6. The van der Waals surface area contributed by atoms with Crippen molar-refractivity contribution in [3.63, 3.8) is 0 Å². The molecule has 33 heavy (non-hydrogen) atoms. The molecule has 168 valence electrons. The van der Waals surface area contributed by atoms with Crippen molar-refractivity contribution in [1.82, 2.24) is 15.0 Å². The van der Waals surface area contributed by atoms with Crippen LogP contribution in [0.3, 0.4) is 0 Å². The van der Waals surface area contributed by atoms with Crippen LogP contribution in [0.15, 0.2) is 42.7 Å². The van der Waals surface area contributed by atoms with Crippen molar-refractivity contribution in [2.75, 3.05) is 30.6 Å². The molecule has 0 amide bonds. The summed E-state index contributed by atoms with van der Waals surface area (Å²) >= 11 is 1.48. The highest BCUT2D eigenvalue weighted by molar-refractivity contribution is 7.22. The number of nitrogens with two attached hydrogens (primary N) is 1. The summed E-state index contributed by atoms with van der Waals surface area (Å²) in [5.41, 5.74) is 9.26. The highest BCUT2D eigenvalue weighted by Crippen LogP contribution is 2.32. The second-order valence-electron chi connectivity index (χ2n) is 7.01. The van der Waals surface area contributed by atoms with E-state index in [2.05, 4.69) is 31.7 Å². The Labute approximate surface area is 192 Å². The zero-order valence-electron chi connectivity index (χ0n) is 18.0. The summed E-state index contributed by atoms with van der Waals surface area (Å²) < 4.78 is 10.6. The number of carbonyl (C=O) groups excluding carboxylic acids is 2. The minimum absolute atomic E-state index is 0.165. The summed E-state index contributed by atoms with van der Waals surface area (Å²) in [5.74, 6) is -0.566. The van der Waals surface area contributed by atoms with Crippen molar-refractivity contribution >= 4 is 61.6 Å². The molecule has 0 fully saturated rings. The maximum atomic E-state index is 12.0. The van der Waals surface area contributed by atoms with Gasteiger partial charge in [0.15, 0.2) is 16.8 Å². The molecule has 2 aromatic heterocycles. The number of nitrogens with zero attached hydrogens (tertiary/aromatic N) is 3. The van der Waals surface area contributed by atoms with Crippen LogP contribution in [0, 0.1) is 6.92 Å². The van der Waals surface area contributed by atoms with Crippen molar-refractivity contribution in [2.24, 2.45) is 0 Å². The quantitative estimate of drug-likeness (QED) is 0.358. The number of carbonyl (C=O) groups is 2. The molecule has 0 aliphatic carbocycles. The van der Waals surface area contributed by atoms with Crippen molar-refractivity contribution in [3.05, 3.63) is 59.4 Å². The second kappa shape index (κ2) is 9.09. The van der Waals surface area contributed by atoms with Gasteiger partial charge < -0.3 is 25.8 Å². The van der Waals surface area contributed by atoms with E-state index in [4.69, 9.17) is 15.2 Å². The summed E-state index contributed by atoms with van der Waals surface area (Å²) in [6.45, 7) is 2.02. The average Bonchev–Trinajstić information content (AvgIpc) is 3.21. The molecule has 0 atom stereocenters. The van der Waals surface area contributed by atoms with E-state index >= 15 is 0 Å². The number of esters is 2. The number of nitrogen functional groups attached to an aromatic ring is 1. The standard InChI is InChI=1S/C22H20N6O4S/c1-11-4-5-15-16(6-11)33-22(27-15)28-19-17(23)18(24-10-25-19)26-14-8-12(20(29)31-2)7-13(9-14)21(30)32-3/h4-10H,23H2,1-3H3,(H2,24,25,26,27,28). The smallest absolute Gasteiger partial charge is 0.337 e. The summed E-state index contributed by atoms with van der Waals surface area (Å²) in [6, 6.07) is 10.4. The van der Waals surface area contributed by atoms with Crippen molar-refractivity contribution in [3.8, 4) is 0 Å². The van der Waals surface area contributed by atoms with Crippen LogP contribution in [0.5, 0.6) is 0 Å². The summed E-state index contributed by atoms with van der Waals surface area (Å²) in [5, 5.41) is 6.78. The Balaban J connectivity index is 1.64. The van der Waals surface area contributed by atoms with Crippen molar-refractivity contribution in [2.45, 2.75) is 6.92 Å². The fraction of sp³-hybridized carbons (Fsp3) is 0.136. The van der Waals surface area contributed by atoms with Crippen molar-refractivity contribution in [1.29, 1.82) is 0 Å². The zero-order chi connectivity index (χ0) is 23.5. The minimum atomic E-state index is -0.604. The van der Waals surface area contributed by atoms with Gasteiger partial charge in [0, 0.05) is 5.69 Å². The third kappa shape index (κ3) is 4.67. The van der Waals surface area contributed by atoms with Gasteiger partial charge in [-0.05, 0) is 42.8 Å². The fourth-order valence-electron chi connectivity index (χ4n) is 3.09. The molecule has 4 aromatic rings. The third-order valence-corrected chi connectivity index (χ3v) is 5.62. The first-order valence-electron chi connectivity index (χ1n) is 9.71. The maximum absolute atomic E-state index is 12.0. The molecule has 0 unspecified atom stereocenters. The van der Waals surface area contributed by atoms with E-state index < -0.39 is 11.9 Å². The molecule has 0 aliphatic rings. The number of hydrogen-bond acceptors (Lipinski definition) is 11. The first-order valence-corrected chi connectivity index (χ1v) is 10.5. The lowest BCUT2D eigenvalue weighted by Gasteiger charge is -2.13. The Morgan fingerprint density at radius 3 is 2.21 bits per heavy atom. The number of aromatic nitrogens is 3. The molecule has 4 rings (SSSR count). The third-order valence-electron chi connectivity index (χ3n) is 4.69. The van der Waals surface area contributed by atoms with Gasteiger partial charge >= 0.3 is 11.9 Å². The second-order valence-corrected chi connectivity index (χ2v) is 8.04. The molecule has 0 saturated heterocycles. The molecule has 2 heterocycles. The number of nitrogens with one attached hydrogen (secondary N) is 2. The molecule has 0 bridgehead atoms. The molecular weight excluding hydrogens is 444 g/mol. The highest BCUT2D eigenvalue weighted by Gasteiger charge is 2.16. The van der Waals surface area contributed by atoms with E-state index in [1.54, 1.807) is 0 Å². The number of benzene rings is 2. The average molecular weight is 465 g/mol. The number of fused-ring (bicyclic) bond motifs is 1. The first-order chi connectivity index (χ1) is 15.9. The highest BCUT2D eigenvalue weighted by atomic mass is 32.1. The number of rotatable bonds is 6. The van der Waals surface area contributed by atoms with Crippen LogP contribution in [-0.2, 0) is 9.47 Å². The van der Waals surface area contributed by atoms with E-state index in [1.165, 1.54) is 50.1 Å². The Hall–Kier alpha value is -4.25. The Bertz CT molecular complexity index is 1340. The molecule has 2 aromatic carbocycles. The van der Waals surface area contributed by atoms with Crippen LogP contribution in [-0.4, -0.2) is 41.1 Å². The van der Waals surface area contributed by atoms with Crippen LogP contribution in [0.2, 0.25) is 0 Å². The number of anilines is 5. The molecule has 4 N–H and O–H groups in total. The molecule has 0 radical (unpaired) electrons. The fourth-order valence-corrected chi connectivity index (χ4v) is 4.05. The number of ether oxygens (including phenoxy) is 2. The van der Waals surface area contributed by atoms with Crippen LogP contribution in [0.4, 0.5) is 28.1 Å².